The molecular formula is C14H19NOS. The Morgan fingerprint density at radius 1 is 1.59 bits per heavy atom. The van der Waals surface area contributed by atoms with Crippen LogP contribution in [0.5, 0.6) is 0 Å². The summed E-state index contributed by atoms with van der Waals surface area (Å²) in [5, 5.41) is 2.03. The molecule has 2 nitrogen and oxygen atoms in total. The van der Waals surface area contributed by atoms with Crippen LogP contribution in [0.2, 0.25) is 0 Å². The number of hydrogen-bond donors (Lipinski definition) is 0. The summed E-state index contributed by atoms with van der Waals surface area (Å²) in [4.78, 5) is 15.3. The van der Waals surface area contributed by atoms with Crippen molar-refractivity contribution < 1.29 is 4.79 Å². The van der Waals surface area contributed by atoms with Crippen LogP contribution in [0.15, 0.2) is 23.6 Å². The summed E-state index contributed by atoms with van der Waals surface area (Å²) in [7, 11) is 0. The molecule has 2 heterocycles. The molecule has 0 bridgehead atoms. The number of nitrogens with zero attached hydrogens (tertiary/aromatic N) is 1. The smallest absolute Gasteiger partial charge is 0.246 e. The van der Waals surface area contributed by atoms with Crippen LogP contribution >= 0.6 is 11.3 Å². The number of carbonyl (C=O) groups is 1. The Bertz CT molecular complexity index is 383. The van der Waals surface area contributed by atoms with Gasteiger partial charge in [0.1, 0.15) is 0 Å². The van der Waals surface area contributed by atoms with E-state index in [1.54, 1.807) is 17.4 Å². The fourth-order valence-electron chi connectivity index (χ4n) is 2.35. The van der Waals surface area contributed by atoms with Crippen LogP contribution in [0, 0.1) is 0 Å². The van der Waals surface area contributed by atoms with Gasteiger partial charge in [0, 0.05) is 23.5 Å². The van der Waals surface area contributed by atoms with Crippen LogP contribution in [0.3, 0.4) is 0 Å². The molecule has 1 aromatic rings. The van der Waals surface area contributed by atoms with Crippen LogP contribution in [0.4, 0.5) is 0 Å². The predicted molar refractivity (Wildman–Crippen MR) is 73.0 cm³/mol. The molecule has 1 amide bonds. The topological polar surface area (TPSA) is 20.3 Å². The van der Waals surface area contributed by atoms with Gasteiger partial charge in [-0.1, -0.05) is 13.0 Å². The highest BCUT2D eigenvalue weighted by molar-refractivity contribution is 7.10. The van der Waals surface area contributed by atoms with Gasteiger partial charge in [-0.2, -0.15) is 0 Å². The molecule has 2 rings (SSSR count). The van der Waals surface area contributed by atoms with Gasteiger partial charge in [-0.25, -0.2) is 0 Å². The molecule has 0 spiro atoms. The van der Waals surface area contributed by atoms with Crippen molar-refractivity contribution >= 4 is 23.3 Å². The zero-order valence-electron chi connectivity index (χ0n) is 10.3. The Hall–Kier alpha value is -1.09. The average molecular weight is 249 g/mol. The van der Waals surface area contributed by atoms with E-state index in [0.717, 1.165) is 30.7 Å². The third-order valence-corrected chi connectivity index (χ3v) is 4.15. The molecule has 1 aromatic heterocycles. The first-order valence-electron chi connectivity index (χ1n) is 6.33. The highest BCUT2D eigenvalue weighted by atomic mass is 32.1. The first kappa shape index (κ1) is 12.4. The van der Waals surface area contributed by atoms with Gasteiger partial charge in [0.05, 0.1) is 0 Å². The maximum Gasteiger partial charge on any atom is 0.246 e. The highest BCUT2D eigenvalue weighted by Gasteiger charge is 2.23. The van der Waals surface area contributed by atoms with Gasteiger partial charge < -0.3 is 4.90 Å². The van der Waals surface area contributed by atoms with E-state index in [1.807, 2.05) is 28.5 Å². The lowest BCUT2D eigenvalue weighted by Crippen LogP contribution is -2.42. The molecule has 0 saturated carbocycles. The lowest BCUT2D eigenvalue weighted by atomic mass is 10.00. The van der Waals surface area contributed by atoms with E-state index in [-0.39, 0.29) is 5.91 Å². The Morgan fingerprint density at radius 3 is 3.18 bits per heavy atom. The van der Waals surface area contributed by atoms with Crippen molar-refractivity contribution in [2.24, 2.45) is 0 Å². The lowest BCUT2D eigenvalue weighted by molar-refractivity contribution is -0.129. The van der Waals surface area contributed by atoms with E-state index in [0.29, 0.717) is 6.04 Å². The van der Waals surface area contributed by atoms with E-state index in [4.69, 9.17) is 0 Å². The van der Waals surface area contributed by atoms with Gasteiger partial charge in [-0.3, -0.25) is 4.79 Å². The summed E-state index contributed by atoms with van der Waals surface area (Å²) in [5.41, 5.74) is 0. The number of amides is 1. The van der Waals surface area contributed by atoms with Crippen molar-refractivity contribution in [1.29, 1.82) is 0 Å². The number of likely N-dealkylation sites (tertiary alicyclic amines) is 1. The fourth-order valence-corrected chi connectivity index (χ4v) is 2.97. The molecule has 0 N–H and O–H groups in total. The number of rotatable bonds is 3. The van der Waals surface area contributed by atoms with Crippen molar-refractivity contribution in [1.82, 2.24) is 4.90 Å². The summed E-state index contributed by atoms with van der Waals surface area (Å²) in [5.74, 6) is 0.171. The minimum atomic E-state index is 0.171. The standard InChI is InChI=1S/C14H19NOS/c1-2-12-6-3-4-10-15(12)14(16)9-8-13-7-5-11-17-13/h5,7-9,11-12H,2-4,6,10H2,1H3/b9-8+/t12-/m1/s1. The van der Waals surface area contributed by atoms with Gasteiger partial charge in [-0.15, -0.1) is 11.3 Å². The molecular weight excluding hydrogens is 230 g/mol. The Labute approximate surface area is 107 Å². The predicted octanol–water partition coefficient (Wildman–Crippen LogP) is 3.55. The molecule has 0 aromatic carbocycles. The Kier molecular flexibility index (Phi) is 4.37. The molecule has 1 aliphatic rings. The maximum atomic E-state index is 12.1. The summed E-state index contributed by atoms with van der Waals surface area (Å²) < 4.78 is 0. The Balaban J connectivity index is 1.98. The second-order valence-corrected chi connectivity index (χ2v) is 5.42. The third-order valence-electron chi connectivity index (χ3n) is 3.31. The molecule has 0 unspecified atom stereocenters. The van der Waals surface area contributed by atoms with Crippen LogP contribution in [-0.2, 0) is 4.79 Å². The zero-order chi connectivity index (χ0) is 12.1. The molecule has 17 heavy (non-hydrogen) atoms. The van der Waals surface area contributed by atoms with Crippen LogP contribution in [-0.4, -0.2) is 23.4 Å². The number of thiophene rings is 1. The first-order valence-corrected chi connectivity index (χ1v) is 7.21. The minimum absolute atomic E-state index is 0.171. The molecule has 0 radical (unpaired) electrons. The summed E-state index contributed by atoms with van der Waals surface area (Å²) in [6.07, 6.45) is 8.29. The van der Waals surface area contributed by atoms with Crippen molar-refractivity contribution in [2.75, 3.05) is 6.54 Å². The van der Waals surface area contributed by atoms with E-state index < -0.39 is 0 Å². The minimum Gasteiger partial charge on any atom is -0.336 e. The maximum absolute atomic E-state index is 12.1. The van der Waals surface area contributed by atoms with Crippen molar-refractivity contribution in [3.63, 3.8) is 0 Å². The molecule has 92 valence electrons. The summed E-state index contributed by atoms with van der Waals surface area (Å²) in [6.45, 7) is 3.09. The van der Waals surface area contributed by atoms with Gasteiger partial charge in [0.25, 0.3) is 0 Å². The van der Waals surface area contributed by atoms with E-state index in [1.165, 1.54) is 6.42 Å². The van der Waals surface area contributed by atoms with Gasteiger partial charge in [0.2, 0.25) is 5.91 Å². The summed E-state index contributed by atoms with van der Waals surface area (Å²) >= 11 is 1.66. The van der Waals surface area contributed by atoms with Crippen LogP contribution in [0.1, 0.15) is 37.5 Å². The van der Waals surface area contributed by atoms with E-state index in [2.05, 4.69) is 6.92 Å². The second-order valence-electron chi connectivity index (χ2n) is 4.44. The van der Waals surface area contributed by atoms with Crippen LogP contribution < -0.4 is 0 Å². The van der Waals surface area contributed by atoms with E-state index in [9.17, 15) is 4.79 Å². The van der Waals surface area contributed by atoms with E-state index >= 15 is 0 Å². The molecule has 0 aliphatic carbocycles. The number of carbonyl (C=O) groups excluding carboxylic acids is 1. The normalized spacial score (nSPS) is 21.0. The number of piperidine rings is 1. The van der Waals surface area contributed by atoms with Gasteiger partial charge >= 0.3 is 0 Å². The van der Waals surface area contributed by atoms with Crippen molar-refractivity contribution in [2.45, 2.75) is 38.6 Å². The summed E-state index contributed by atoms with van der Waals surface area (Å²) in [6, 6.07) is 4.48. The quantitative estimate of drug-likeness (QED) is 0.750. The number of hydrogen-bond acceptors (Lipinski definition) is 2. The van der Waals surface area contributed by atoms with Crippen LogP contribution in [0.25, 0.3) is 6.08 Å². The average Bonchev–Trinajstić information content (AvgIpc) is 2.89. The fraction of sp³-hybridized carbons (Fsp3) is 0.500. The first-order chi connectivity index (χ1) is 8.31. The third kappa shape index (κ3) is 3.19. The molecule has 1 saturated heterocycles. The molecule has 1 aliphatic heterocycles. The van der Waals surface area contributed by atoms with Gasteiger partial charge in [-0.05, 0) is 43.2 Å². The lowest BCUT2D eigenvalue weighted by Gasteiger charge is -2.34. The highest BCUT2D eigenvalue weighted by Crippen LogP contribution is 2.20. The van der Waals surface area contributed by atoms with Crippen molar-refractivity contribution in [3.05, 3.63) is 28.5 Å². The van der Waals surface area contributed by atoms with Gasteiger partial charge in [0.15, 0.2) is 0 Å². The monoisotopic (exact) mass is 249 g/mol. The zero-order valence-corrected chi connectivity index (χ0v) is 11.1. The largest absolute Gasteiger partial charge is 0.336 e. The molecule has 1 fully saturated rings. The van der Waals surface area contributed by atoms with Crippen molar-refractivity contribution in [3.8, 4) is 0 Å². The second kappa shape index (κ2) is 6.01. The molecule has 3 heteroatoms. The molecule has 1 atom stereocenters. The SMILES string of the molecule is CC[C@@H]1CCCCN1C(=O)/C=C/c1cccs1. The Morgan fingerprint density at radius 2 is 2.47 bits per heavy atom.